The molecule has 2 aromatic rings. The molecule has 0 bridgehead atoms. The number of anilines is 1. The lowest BCUT2D eigenvalue weighted by molar-refractivity contribution is 0.598. The molecule has 1 atom stereocenters. The third-order valence-electron chi connectivity index (χ3n) is 3.00. The van der Waals surface area contributed by atoms with Crippen molar-refractivity contribution in [3.8, 4) is 0 Å². The van der Waals surface area contributed by atoms with Gasteiger partial charge in [0.05, 0.1) is 11.1 Å². The van der Waals surface area contributed by atoms with Crippen molar-refractivity contribution >= 4 is 27.3 Å². The Morgan fingerprint density at radius 1 is 1.35 bits per heavy atom. The number of rotatable bonds is 4. The van der Waals surface area contributed by atoms with Crippen LogP contribution >= 0.6 is 11.6 Å². The molecule has 1 heterocycles. The summed E-state index contributed by atoms with van der Waals surface area (Å²) < 4.78 is 28.8. The van der Waals surface area contributed by atoms with Crippen LogP contribution in [0.5, 0.6) is 0 Å². The molecule has 0 spiro atoms. The van der Waals surface area contributed by atoms with Crippen LogP contribution in [0.2, 0.25) is 0 Å². The van der Waals surface area contributed by atoms with Crippen molar-refractivity contribution in [1.29, 1.82) is 0 Å². The van der Waals surface area contributed by atoms with E-state index in [1.165, 1.54) is 6.20 Å². The Morgan fingerprint density at radius 2 is 2.00 bits per heavy atom. The predicted octanol–water partition coefficient (Wildman–Crippen LogP) is 2.83. The second-order valence-electron chi connectivity index (χ2n) is 4.55. The molecule has 2 rings (SSSR count). The lowest BCUT2D eigenvalue weighted by Gasteiger charge is -2.12. The number of aromatic nitrogens is 2. The highest BCUT2D eigenvalue weighted by Crippen LogP contribution is 2.28. The Kier molecular flexibility index (Phi) is 4.06. The molecule has 1 aromatic carbocycles. The third kappa shape index (κ3) is 2.96. The van der Waals surface area contributed by atoms with Gasteiger partial charge in [0, 0.05) is 13.2 Å². The first kappa shape index (κ1) is 14.9. The van der Waals surface area contributed by atoms with E-state index in [1.54, 1.807) is 43.7 Å². The van der Waals surface area contributed by atoms with Crippen molar-refractivity contribution < 1.29 is 8.42 Å². The van der Waals surface area contributed by atoms with Crippen molar-refractivity contribution in [1.82, 2.24) is 9.55 Å². The smallest absolute Gasteiger partial charge is 0.280 e. The summed E-state index contributed by atoms with van der Waals surface area (Å²) in [4.78, 5) is 4.03. The van der Waals surface area contributed by atoms with Gasteiger partial charge in [0.1, 0.15) is 5.82 Å². The van der Waals surface area contributed by atoms with Crippen molar-refractivity contribution in [2.24, 2.45) is 7.05 Å². The normalized spacial score (nSPS) is 13.2. The minimum absolute atomic E-state index is 0.00507. The molecule has 7 heteroatoms. The van der Waals surface area contributed by atoms with E-state index in [1.807, 2.05) is 6.07 Å². The van der Waals surface area contributed by atoms with E-state index in [-0.39, 0.29) is 10.4 Å². The quantitative estimate of drug-likeness (QED) is 0.883. The Balaban J connectivity index is 2.38. The molecular formula is C13H16ClN3O2S. The molecule has 1 unspecified atom stereocenters. The van der Waals surface area contributed by atoms with Gasteiger partial charge in [-0.2, -0.15) is 8.42 Å². The van der Waals surface area contributed by atoms with Crippen LogP contribution in [0.4, 0.5) is 5.69 Å². The van der Waals surface area contributed by atoms with Gasteiger partial charge in [0.15, 0.2) is 5.03 Å². The Labute approximate surface area is 123 Å². The number of sulfonamides is 1. The standard InChI is InChI=1S/C13H16ClN3O2S/c1-9(14)11-6-4-5-7-12(11)16-20(18,19)13-8-17(3)10(2)15-13/h4-9,16H,1-3H3. The molecule has 0 saturated carbocycles. The summed E-state index contributed by atoms with van der Waals surface area (Å²) in [7, 11) is -1.97. The highest BCUT2D eigenvalue weighted by atomic mass is 35.5. The number of hydrogen-bond acceptors (Lipinski definition) is 3. The third-order valence-corrected chi connectivity index (χ3v) is 4.47. The maximum absolute atomic E-state index is 12.3. The molecule has 0 aliphatic heterocycles. The molecule has 0 amide bonds. The number of imidazole rings is 1. The number of para-hydroxylation sites is 1. The van der Waals surface area contributed by atoms with Gasteiger partial charge < -0.3 is 4.57 Å². The highest BCUT2D eigenvalue weighted by Gasteiger charge is 2.20. The number of aryl methyl sites for hydroxylation is 2. The van der Waals surface area contributed by atoms with E-state index < -0.39 is 10.0 Å². The van der Waals surface area contributed by atoms with E-state index in [4.69, 9.17) is 11.6 Å². The summed E-state index contributed by atoms with van der Waals surface area (Å²) in [6.45, 7) is 3.54. The molecular weight excluding hydrogens is 298 g/mol. The van der Waals surface area contributed by atoms with E-state index in [9.17, 15) is 8.42 Å². The zero-order valence-corrected chi connectivity index (χ0v) is 13.0. The van der Waals surface area contributed by atoms with Crippen LogP contribution in [0.25, 0.3) is 0 Å². The van der Waals surface area contributed by atoms with Crippen LogP contribution in [-0.2, 0) is 17.1 Å². The zero-order valence-electron chi connectivity index (χ0n) is 11.5. The molecule has 1 aromatic heterocycles. The first-order chi connectivity index (χ1) is 9.31. The number of benzene rings is 1. The molecule has 108 valence electrons. The topological polar surface area (TPSA) is 64.0 Å². The van der Waals surface area contributed by atoms with Crippen molar-refractivity contribution in [3.63, 3.8) is 0 Å². The molecule has 5 nitrogen and oxygen atoms in total. The van der Waals surface area contributed by atoms with E-state index in [2.05, 4.69) is 9.71 Å². The Hall–Kier alpha value is -1.53. The van der Waals surface area contributed by atoms with Gasteiger partial charge in [-0.25, -0.2) is 4.98 Å². The van der Waals surface area contributed by atoms with Gasteiger partial charge in [-0.15, -0.1) is 11.6 Å². The van der Waals surface area contributed by atoms with Gasteiger partial charge in [-0.05, 0) is 25.5 Å². The van der Waals surface area contributed by atoms with Crippen LogP contribution in [0.3, 0.4) is 0 Å². The number of nitrogens with zero attached hydrogens (tertiary/aromatic N) is 2. The first-order valence-corrected chi connectivity index (χ1v) is 7.99. The van der Waals surface area contributed by atoms with Crippen LogP contribution < -0.4 is 4.72 Å². The molecule has 0 fully saturated rings. The summed E-state index contributed by atoms with van der Waals surface area (Å²) in [6.07, 6.45) is 1.48. The van der Waals surface area contributed by atoms with E-state index in [0.29, 0.717) is 11.5 Å². The first-order valence-electron chi connectivity index (χ1n) is 6.07. The fraction of sp³-hybridized carbons (Fsp3) is 0.308. The number of halogens is 1. The minimum atomic E-state index is -3.71. The van der Waals surface area contributed by atoms with Crippen LogP contribution in [0.1, 0.15) is 23.7 Å². The van der Waals surface area contributed by atoms with Crippen molar-refractivity contribution in [2.75, 3.05) is 4.72 Å². The molecule has 0 radical (unpaired) electrons. The fourth-order valence-corrected chi connectivity index (χ4v) is 3.11. The SMILES string of the molecule is Cc1nc(S(=O)(=O)Nc2ccccc2C(C)Cl)cn1C. The van der Waals surface area contributed by atoms with Gasteiger partial charge in [0.25, 0.3) is 10.0 Å². The molecule has 0 aliphatic rings. The Bertz CT molecular complexity index is 703. The maximum atomic E-state index is 12.3. The lowest BCUT2D eigenvalue weighted by atomic mass is 10.1. The fourth-order valence-electron chi connectivity index (χ4n) is 1.79. The summed E-state index contributed by atoms with van der Waals surface area (Å²) >= 11 is 6.06. The molecule has 20 heavy (non-hydrogen) atoms. The van der Waals surface area contributed by atoms with E-state index in [0.717, 1.165) is 5.56 Å². The second kappa shape index (κ2) is 5.46. The van der Waals surface area contributed by atoms with Gasteiger partial charge in [0.2, 0.25) is 0 Å². The lowest BCUT2D eigenvalue weighted by Crippen LogP contribution is -2.14. The summed E-state index contributed by atoms with van der Waals surface area (Å²) in [6, 6.07) is 7.04. The van der Waals surface area contributed by atoms with Crippen molar-refractivity contribution in [3.05, 3.63) is 41.9 Å². The highest BCUT2D eigenvalue weighted by molar-refractivity contribution is 7.92. The summed E-state index contributed by atoms with van der Waals surface area (Å²) in [5.74, 6) is 0.629. The van der Waals surface area contributed by atoms with E-state index >= 15 is 0 Å². The summed E-state index contributed by atoms with van der Waals surface area (Å²) in [5, 5.41) is -0.297. The van der Waals surface area contributed by atoms with Crippen LogP contribution in [-0.4, -0.2) is 18.0 Å². The average Bonchev–Trinajstić information content (AvgIpc) is 2.70. The van der Waals surface area contributed by atoms with Crippen LogP contribution in [0.15, 0.2) is 35.5 Å². The predicted molar refractivity (Wildman–Crippen MR) is 79.5 cm³/mol. The average molecular weight is 314 g/mol. The summed E-state index contributed by atoms with van der Waals surface area (Å²) in [5.41, 5.74) is 1.20. The zero-order chi connectivity index (χ0) is 14.9. The molecule has 0 aliphatic carbocycles. The minimum Gasteiger partial charge on any atom is -0.337 e. The second-order valence-corrected chi connectivity index (χ2v) is 6.83. The largest absolute Gasteiger partial charge is 0.337 e. The maximum Gasteiger partial charge on any atom is 0.280 e. The van der Waals surface area contributed by atoms with Crippen LogP contribution in [0, 0.1) is 6.92 Å². The van der Waals surface area contributed by atoms with Gasteiger partial charge in [-0.1, -0.05) is 18.2 Å². The number of nitrogens with one attached hydrogen (secondary N) is 1. The monoisotopic (exact) mass is 313 g/mol. The number of hydrogen-bond donors (Lipinski definition) is 1. The van der Waals surface area contributed by atoms with Gasteiger partial charge in [-0.3, -0.25) is 4.72 Å². The Morgan fingerprint density at radius 3 is 2.55 bits per heavy atom. The van der Waals surface area contributed by atoms with Gasteiger partial charge >= 0.3 is 0 Å². The molecule has 0 saturated heterocycles. The number of alkyl halides is 1. The van der Waals surface area contributed by atoms with Crippen molar-refractivity contribution in [2.45, 2.75) is 24.3 Å². The molecule has 1 N–H and O–H groups in total.